The average molecular weight is 279 g/mol. The molecule has 0 saturated carbocycles. The van der Waals surface area contributed by atoms with Gasteiger partial charge in [0.25, 0.3) is 0 Å². The highest BCUT2D eigenvalue weighted by Crippen LogP contribution is 2.13. The van der Waals surface area contributed by atoms with E-state index in [-0.39, 0.29) is 0 Å². The van der Waals surface area contributed by atoms with Gasteiger partial charge in [0.05, 0.1) is 0 Å². The van der Waals surface area contributed by atoms with E-state index in [2.05, 4.69) is 42.0 Å². The smallest absolute Gasteiger partial charge is 0.0192 e. The second-order valence-electron chi connectivity index (χ2n) is 6.86. The molecular weight excluding hydrogens is 246 g/mol. The van der Waals surface area contributed by atoms with Gasteiger partial charge in [-0.25, -0.2) is 0 Å². The second kappa shape index (κ2) is 8.16. The molecule has 20 heavy (non-hydrogen) atoms. The normalized spacial score (nSPS) is 23.9. The lowest BCUT2D eigenvalue weighted by molar-refractivity contribution is 0.197. The minimum Gasteiger partial charge on any atom is -0.312 e. The van der Waals surface area contributed by atoms with E-state index in [9.17, 15) is 0 Å². The molecule has 0 aromatic heterocycles. The standard InChI is InChI=1S/C17H33N3/c1-15(2)6-11-19-12-7-17(8-13-19)18-14-16(3)20-9-4-5-10-20/h6,16-18H,4-5,7-14H2,1-3H3. The van der Waals surface area contributed by atoms with E-state index < -0.39 is 0 Å². The number of likely N-dealkylation sites (tertiary alicyclic amines) is 2. The minimum atomic E-state index is 0.709. The summed E-state index contributed by atoms with van der Waals surface area (Å²) < 4.78 is 0. The third-order valence-corrected chi connectivity index (χ3v) is 4.81. The number of rotatable bonds is 6. The molecule has 3 heteroatoms. The summed E-state index contributed by atoms with van der Waals surface area (Å²) in [5.74, 6) is 0. The zero-order valence-corrected chi connectivity index (χ0v) is 13.7. The van der Waals surface area contributed by atoms with Crippen LogP contribution < -0.4 is 5.32 Å². The maximum Gasteiger partial charge on any atom is 0.0192 e. The van der Waals surface area contributed by atoms with E-state index in [0.29, 0.717) is 6.04 Å². The van der Waals surface area contributed by atoms with Crippen LogP contribution >= 0.6 is 0 Å². The molecule has 2 saturated heterocycles. The SMILES string of the molecule is CC(C)=CCN1CCC(NCC(C)N2CCCC2)CC1. The Morgan fingerprint density at radius 1 is 1.15 bits per heavy atom. The van der Waals surface area contributed by atoms with Gasteiger partial charge in [-0.15, -0.1) is 0 Å². The van der Waals surface area contributed by atoms with Crippen molar-refractivity contribution in [3.63, 3.8) is 0 Å². The van der Waals surface area contributed by atoms with Crippen LogP contribution in [-0.2, 0) is 0 Å². The molecule has 0 aromatic rings. The highest BCUT2D eigenvalue weighted by Gasteiger charge is 2.21. The fraction of sp³-hybridized carbons (Fsp3) is 0.882. The Kier molecular flexibility index (Phi) is 6.53. The van der Waals surface area contributed by atoms with Crippen molar-refractivity contribution < 1.29 is 0 Å². The van der Waals surface area contributed by atoms with Crippen molar-refractivity contribution in [1.29, 1.82) is 0 Å². The minimum absolute atomic E-state index is 0.709. The molecule has 116 valence electrons. The molecule has 2 aliphatic heterocycles. The molecule has 2 fully saturated rings. The van der Waals surface area contributed by atoms with Crippen LogP contribution in [0.15, 0.2) is 11.6 Å². The van der Waals surface area contributed by atoms with Crippen LogP contribution in [0, 0.1) is 0 Å². The number of hydrogen-bond donors (Lipinski definition) is 1. The fourth-order valence-corrected chi connectivity index (χ4v) is 3.28. The molecule has 1 unspecified atom stereocenters. The molecular formula is C17H33N3. The van der Waals surface area contributed by atoms with Crippen molar-refractivity contribution in [2.45, 2.75) is 58.5 Å². The summed E-state index contributed by atoms with van der Waals surface area (Å²) in [6, 6.07) is 1.45. The molecule has 3 nitrogen and oxygen atoms in total. The molecule has 0 amide bonds. The molecule has 2 heterocycles. The molecule has 0 aliphatic carbocycles. The van der Waals surface area contributed by atoms with Gasteiger partial charge in [-0.1, -0.05) is 11.6 Å². The third-order valence-electron chi connectivity index (χ3n) is 4.81. The predicted octanol–water partition coefficient (Wildman–Crippen LogP) is 2.49. The van der Waals surface area contributed by atoms with Crippen LogP contribution in [0.25, 0.3) is 0 Å². The Morgan fingerprint density at radius 2 is 1.80 bits per heavy atom. The molecule has 2 aliphatic rings. The number of piperidine rings is 1. The summed E-state index contributed by atoms with van der Waals surface area (Å²) >= 11 is 0. The van der Waals surface area contributed by atoms with E-state index in [1.807, 2.05) is 0 Å². The Labute approximate surface area is 125 Å². The maximum absolute atomic E-state index is 3.80. The first-order chi connectivity index (χ1) is 9.65. The summed E-state index contributed by atoms with van der Waals surface area (Å²) in [6.07, 6.45) is 7.76. The van der Waals surface area contributed by atoms with Crippen LogP contribution in [0.2, 0.25) is 0 Å². The van der Waals surface area contributed by atoms with Crippen LogP contribution in [0.1, 0.15) is 46.5 Å². The van der Waals surface area contributed by atoms with E-state index in [4.69, 9.17) is 0 Å². The first kappa shape index (κ1) is 16.0. The van der Waals surface area contributed by atoms with Gasteiger partial charge in [-0.3, -0.25) is 9.80 Å². The van der Waals surface area contributed by atoms with Crippen LogP contribution in [0.4, 0.5) is 0 Å². The summed E-state index contributed by atoms with van der Waals surface area (Å²) in [7, 11) is 0. The lowest BCUT2D eigenvalue weighted by Crippen LogP contribution is -2.47. The topological polar surface area (TPSA) is 18.5 Å². The molecule has 2 rings (SSSR count). The van der Waals surface area contributed by atoms with Gasteiger partial charge in [-0.2, -0.15) is 0 Å². The summed E-state index contributed by atoms with van der Waals surface area (Å²) in [5.41, 5.74) is 1.43. The highest BCUT2D eigenvalue weighted by molar-refractivity contribution is 4.95. The predicted molar refractivity (Wildman–Crippen MR) is 87.2 cm³/mol. The number of nitrogens with zero attached hydrogens (tertiary/aromatic N) is 2. The third kappa shape index (κ3) is 5.19. The molecule has 0 bridgehead atoms. The van der Waals surface area contributed by atoms with Crippen molar-refractivity contribution in [1.82, 2.24) is 15.1 Å². The maximum atomic E-state index is 3.80. The molecule has 0 radical (unpaired) electrons. The monoisotopic (exact) mass is 279 g/mol. The van der Waals surface area contributed by atoms with Crippen molar-refractivity contribution in [2.24, 2.45) is 0 Å². The van der Waals surface area contributed by atoms with E-state index >= 15 is 0 Å². The zero-order valence-electron chi connectivity index (χ0n) is 13.7. The number of nitrogens with one attached hydrogen (secondary N) is 1. The van der Waals surface area contributed by atoms with E-state index in [1.165, 1.54) is 64.0 Å². The molecule has 0 aromatic carbocycles. The Balaban J connectivity index is 1.60. The first-order valence-corrected chi connectivity index (χ1v) is 8.48. The Morgan fingerprint density at radius 3 is 2.40 bits per heavy atom. The van der Waals surface area contributed by atoms with Gasteiger partial charge in [0.1, 0.15) is 0 Å². The summed E-state index contributed by atoms with van der Waals surface area (Å²) in [6.45, 7) is 14.2. The van der Waals surface area contributed by atoms with Gasteiger partial charge >= 0.3 is 0 Å². The van der Waals surface area contributed by atoms with Crippen molar-refractivity contribution in [3.8, 4) is 0 Å². The average Bonchev–Trinajstić information content (AvgIpc) is 2.98. The van der Waals surface area contributed by atoms with Gasteiger partial charge in [-0.05, 0) is 72.6 Å². The Bertz CT molecular complexity index is 295. The van der Waals surface area contributed by atoms with Gasteiger partial charge in [0, 0.05) is 25.2 Å². The lowest BCUT2D eigenvalue weighted by atomic mass is 10.0. The quantitative estimate of drug-likeness (QED) is 0.754. The van der Waals surface area contributed by atoms with E-state index in [0.717, 1.165) is 12.6 Å². The lowest BCUT2D eigenvalue weighted by Gasteiger charge is -2.33. The van der Waals surface area contributed by atoms with Gasteiger partial charge in [0.15, 0.2) is 0 Å². The highest BCUT2D eigenvalue weighted by atomic mass is 15.2. The van der Waals surface area contributed by atoms with Crippen LogP contribution in [-0.4, -0.2) is 61.2 Å². The van der Waals surface area contributed by atoms with Crippen molar-refractivity contribution in [3.05, 3.63) is 11.6 Å². The van der Waals surface area contributed by atoms with Gasteiger partial charge < -0.3 is 5.32 Å². The second-order valence-corrected chi connectivity index (χ2v) is 6.86. The number of hydrogen-bond acceptors (Lipinski definition) is 3. The largest absolute Gasteiger partial charge is 0.312 e. The van der Waals surface area contributed by atoms with Crippen LogP contribution in [0.3, 0.4) is 0 Å². The van der Waals surface area contributed by atoms with Gasteiger partial charge in [0.2, 0.25) is 0 Å². The van der Waals surface area contributed by atoms with Crippen LogP contribution in [0.5, 0.6) is 0 Å². The van der Waals surface area contributed by atoms with Crippen molar-refractivity contribution >= 4 is 0 Å². The fourth-order valence-electron chi connectivity index (χ4n) is 3.28. The molecule has 0 spiro atoms. The molecule has 1 atom stereocenters. The first-order valence-electron chi connectivity index (χ1n) is 8.48. The Hall–Kier alpha value is -0.380. The van der Waals surface area contributed by atoms with Crippen molar-refractivity contribution in [2.75, 3.05) is 39.3 Å². The zero-order chi connectivity index (χ0) is 14.4. The molecule has 1 N–H and O–H groups in total. The summed E-state index contributed by atoms with van der Waals surface area (Å²) in [5, 5.41) is 3.80. The summed E-state index contributed by atoms with van der Waals surface area (Å²) in [4.78, 5) is 5.21. The number of allylic oxidation sites excluding steroid dienone is 1. The van der Waals surface area contributed by atoms with E-state index in [1.54, 1.807) is 0 Å².